The number of hydrogen-bond donors (Lipinski definition) is 3. The van der Waals surface area contributed by atoms with E-state index in [1.165, 1.54) is 13.8 Å². The molecule has 14 heteroatoms. The summed E-state index contributed by atoms with van der Waals surface area (Å²) in [5, 5.41) is 12.1. The molecule has 2 aromatic rings. The molecule has 178 valence electrons. The number of alkyl halides is 3. The van der Waals surface area contributed by atoms with E-state index in [-0.39, 0.29) is 0 Å². The van der Waals surface area contributed by atoms with Crippen molar-refractivity contribution in [1.82, 2.24) is 10.3 Å². The average Bonchev–Trinajstić information content (AvgIpc) is 2.70. The highest BCUT2D eigenvalue weighted by atomic mass is 32.2. The minimum Gasteiger partial charge on any atom is -0.365 e. The van der Waals surface area contributed by atoms with E-state index >= 15 is 4.39 Å². The van der Waals surface area contributed by atoms with E-state index in [1.54, 1.807) is 0 Å². The van der Waals surface area contributed by atoms with Gasteiger partial charge in [-0.05, 0) is 26.0 Å². The summed E-state index contributed by atoms with van der Waals surface area (Å²) >= 11 is 0. The molecule has 0 saturated carbocycles. The maximum absolute atomic E-state index is 15.1. The second kappa shape index (κ2) is 8.01. The fourth-order valence-electron chi connectivity index (χ4n) is 3.03. The summed E-state index contributed by atoms with van der Waals surface area (Å²) in [4.78, 5) is 15.6. The molecule has 1 aliphatic heterocycles. The summed E-state index contributed by atoms with van der Waals surface area (Å²) in [5.74, 6) is -7.53. The number of carbonyl (C=O) groups is 1. The van der Waals surface area contributed by atoms with Crippen molar-refractivity contribution in [2.24, 2.45) is 0 Å². The lowest BCUT2D eigenvalue weighted by molar-refractivity contribution is -0.137. The molecule has 1 atom stereocenters. The highest BCUT2D eigenvalue weighted by Gasteiger charge is 2.47. The topological polar surface area (TPSA) is 112 Å². The number of benzene rings is 1. The Bertz CT molecular complexity index is 1240. The number of amides is 1. The molecule has 33 heavy (non-hydrogen) atoms. The Morgan fingerprint density at radius 3 is 2.36 bits per heavy atom. The fourth-order valence-corrected chi connectivity index (χ4v) is 4.51. The minimum atomic E-state index is -4.71. The van der Waals surface area contributed by atoms with Gasteiger partial charge in [0, 0.05) is 12.3 Å². The number of nitrogens with one attached hydrogen (secondary N) is 3. The Labute approximate surface area is 183 Å². The smallest absolute Gasteiger partial charge is 0.365 e. The number of rotatable bonds is 3. The van der Waals surface area contributed by atoms with E-state index in [9.17, 15) is 35.2 Å². The standard InChI is InChI=1S/C19H16F6N4O3S/c1-18(2)17(26)29-12(7-33(18,31)32)13-14(21)9(20)5-11(15(13)22)28-16(30)10-4-3-8(6-27-10)19(23,24)25/h3-6,12H,7H2,1-2H3,(H2,26,29)(H,28,30). The molecule has 1 amide bonds. The van der Waals surface area contributed by atoms with Crippen LogP contribution in [0.25, 0.3) is 0 Å². The lowest BCUT2D eigenvalue weighted by Gasteiger charge is -2.36. The number of halogens is 6. The Hall–Kier alpha value is -3.16. The lowest BCUT2D eigenvalue weighted by atomic mass is 10.0. The van der Waals surface area contributed by atoms with Gasteiger partial charge in [-0.25, -0.2) is 21.6 Å². The molecule has 3 rings (SSSR count). The zero-order valence-electron chi connectivity index (χ0n) is 16.9. The Balaban J connectivity index is 1.96. The molecule has 0 aliphatic carbocycles. The van der Waals surface area contributed by atoms with Crippen LogP contribution in [0.15, 0.2) is 24.4 Å². The van der Waals surface area contributed by atoms with E-state index < -0.39 is 84.3 Å². The summed E-state index contributed by atoms with van der Waals surface area (Å²) in [7, 11) is -4.08. The first kappa shape index (κ1) is 24.5. The van der Waals surface area contributed by atoms with E-state index in [0.29, 0.717) is 24.4 Å². The second-order valence-corrected chi connectivity index (χ2v) is 10.3. The third kappa shape index (κ3) is 4.38. The number of anilines is 1. The monoisotopic (exact) mass is 494 g/mol. The molecule has 0 bridgehead atoms. The molecule has 1 aromatic heterocycles. The van der Waals surface area contributed by atoms with Crippen LogP contribution < -0.4 is 10.6 Å². The third-order valence-electron chi connectivity index (χ3n) is 5.19. The van der Waals surface area contributed by atoms with Crippen molar-refractivity contribution >= 4 is 27.3 Å². The molecule has 0 radical (unpaired) electrons. The molecule has 1 fully saturated rings. The van der Waals surface area contributed by atoms with Crippen molar-refractivity contribution in [3.8, 4) is 0 Å². The zero-order valence-corrected chi connectivity index (χ0v) is 17.8. The number of amidine groups is 1. The molecule has 0 spiro atoms. The van der Waals surface area contributed by atoms with Crippen molar-refractivity contribution < 1.29 is 39.6 Å². The first-order valence-electron chi connectivity index (χ1n) is 9.16. The van der Waals surface area contributed by atoms with E-state index in [4.69, 9.17) is 5.41 Å². The van der Waals surface area contributed by atoms with E-state index in [1.807, 2.05) is 5.32 Å². The Morgan fingerprint density at radius 1 is 1.21 bits per heavy atom. The van der Waals surface area contributed by atoms with Gasteiger partial charge in [-0.15, -0.1) is 0 Å². The van der Waals surface area contributed by atoms with Crippen LogP contribution in [0.3, 0.4) is 0 Å². The van der Waals surface area contributed by atoms with Crippen LogP contribution in [0.5, 0.6) is 0 Å². The van der Waals surface area contributed by atoms with Crippen LogP contribution in [0.2, 0.25) is 0 Å². The van der Waals surface area contributed by atoms with Crippen molar-refractivity contribution in [3.05, 3.63) is 58.7 Å². The number of aromatic nitrogens is 1. The minimum absolute atomic E-state index is 0.294. The maximum Gasteiger partial charge on any atom is 0.417 e. The average molecular weight is 494 g/mol. The number of hydrogen-bond acceptors (Lipinski definition) is 5. The van der Waals surface area contributed by atoms with Crippen LogP contribution in [0.4, 0.5) is 32.0 Å². The molecular formula is C19H16F6N4O3S. The van der Waals surface area contributed by atoms with Gasteiger partial charge in [-0.1, -0.05) is 0 Å². The van der Waals surface area contributed by atoms with Gasteiger partial charge in [0.2, 0.25) is 0 Å². The van der Waals surface area contributed by atoms with Gasteiger partial charge < -0.3 is 10.6 Å². The summed E-state index contributed by atoms with van der Waals surface area (Å²) in [6.45, 7) is 2.43. The Kier molecular flexibility index (Phi) is 5.94. The summed E-state index contributed by atoms with van der Waals surface area (Å²) in [6.07, 6.45) is -4.34. The van der Waals surface area contributed by atoms with Crippen LogP contribution in [0, 0.1) is 22.9 Å². The van der Waals surface area contributed by atoms with Crippen LogP contribution >= 0.6 is 0 Å². The van der Waals surface area contributed by atoms with Gasteiger partial charge in [-0.3, -0.25) is 15.2 Å². The molecule has 1 unspecified atom stereocenters. The van der Waals surface area contributed by atoms with Crippen LogP contribution in [-0.2, 0) is 16.0 Å². The lowest BCUT2D eigenvalue weighted by Crippen LogP contribution is -2.56. The predicted octanol–water partition coefficient (Wildman–Crippen LogP) is 3.58. The predicted molar refractivity (Wildman–Crippen MR) is 105 cm³/mol. The number of pyridine rings is 1. The van der Waals surface area contributed by atoms with Crippen LogP contribution in [0.1, 0.15) is 41.5 Å². The van der Waals surface area contributed by atoms with Crippen molar-refractivity contribution in [2.75, 3.05) is 11.1 Å². The van der Waals surface area contributed by atoms with Crippen molar-refractivity contribution in [2.45, 2.75) is 30.8 Å². The molecule has 1 aromatic carbocycles. The van der Waals surface area contributed by atoms with E-state index in [2.05, 4.69) is 10.3 Å². The number of sulfone groups is 1. The highest BCUT2D eigenvalue weighted by molar-refractivity contribution is 7.93. The molecule has 1 aliphatic rings. The quantitative estimate of drug-likeness (QED) is 0.446. The Morgan fingerprint density at radius 2 is 1.85 bits per heavy atom. The highest BCUT2D eigenvalue weighted by Crippen LogP contribution is 2.35. The molecule has 7 nitrogen and oxygen atoms in total. The van der Waals surface area contributed by atoms with Gasteiger partial charge in [0.25, 0.3) is 5.91 Å². The van der Waals surface area contributed by atoms with Gasteiger partial charge >= 0.3 is 6.18 Å². The largest absolute Gasteiger partial charge is 0.417 e. The second-order valence-electron chi connectivity index (χ2n) is 7.70. The molecule has 1 saturated heterocycles. The van der Waals surface area contributed by atoms with Crippen molar-refractivity contribution in [3.63, 3.8) is 0 Å². The normalized spacial score (nSPS) is 19.6. The van der Waals surface area contributed by atoms with Crippen molar-refractivity contribution in [1.29, 1.82) is 5.41 Å². The molecule has 3 N–H and O–H groups in total. The third-order valence-corrected chi connectivity index (χ3v) is 7.73. The first-order chi connectivity index (χ1) is 15.1. The van der Waals surface area contributed by atoms with Crippen LogP contribution in [-0.4, -0.2) is 35.6 Å². The summed E-state index contributed by atoms with van der Waals surface area (Å²) in [5.41, 5.74) is -3.67. The zero-order chi connectivity index (χ0) is 24.9. The fraction of sp³-hybridized carbons (Fsp3) is 0.316. The summed E-state index contributed by atoms with van der Waals surface area (Å²) in [6, 6.07) is -0.122. The van der Waals surface area contributed by atoms with Gasteiger partial charge in [0.1, 0.15) is 16.3 Å². The molecule has 2 heterocycles. The maximum atomic E-state index is 15.1. The van der Waals surface area contributed by atoms with Gasteiger partial charge in [0.15, 0.2) is 27.3 Å². The van der Waals surface area contributed by atoms with Gasteiger partial charge in [-0.2, -0.15) is 13.2 Å². The number of carbonyl (C=O) groups excluding carboxylic acids is 1. The molecular weight excluding hydrogens is 478 g/mol. The van der Waals surface area contributed by atoms with Gasteiger partial charge in [0.05, 0.1) is 28.6 Å². The number of nitrogens with zero attached hydrogens (tertiary/aromatic N) is 1. The SMILES string of the molecule is CC1(C)C(=N)NC(c2c(F)c(F)cc(NC(=O)c3ccc(C(F)(F)F)cn3)c2F)CS1(=O)=O. The summed E-state index contributed by atoms with van der Waals surface area (Å²) < 4.78 is 105. The van der Waals surface area contributed by atoms with E-state index in [0.717, 1.165) is 0 Å². The first-order valence-corrected chi connectivity index (χ1v) is 10.8.